The van der Waals surface area contributed by atoms with E-state index in [1.807, 2.05) is 32.9 Å². The molecule has 0 unspecified atom stereocenters. The zero-order valence-corrected chi connectivity index (χ0v) is 12.9. The van der Waals surface area contributed by atoms with Crippen LogP contribution in [0.25, 0.3) is 0 Å². The van der Waals surface area contributed by atoms with E-state index in [9.17, 15) is 14.7 Å². The average Bonchev–Trinajstić information content (AvgIpc) is 2.88. The summed E-state index contributed by atoms with van der Waals surface area (Å²) in [6, 6.07) is 0. The monoisotopic (exact) mass is 304 g/mol. The molecule has 1 aromatic rings. The molecule has 6 nitrogen and oxygen atoms in total. The second kappa shape index (κ2) is 5.76. The molecule has 1 aliphatic rings. The van der Waals surface area contributed by atoms with E-state index < -0.39 is 5.69 Å². The number of aromatic nitrogens is 2. The number of nitrogens with zero attached hydrogens (tertiary/aromatic N) is 2. The molecule has 0 aromatic carbocycles. The summed E-state index contributed by atoms with van der Waals surface area (Å²) in [6.07, 6.45) is 10.3. The fourth-order valence-corrected chi connectivity index (χ4v) is 2.76. The first-order valence-electron chi connectivity index (χ1n) is 7.06. The van der Waals surface area contributed by atoms with Gasteiger partial charge in [0.25, 0.3) is 0 Å². The first-order valence-corrected chi connectivity index (χ1v) is 7.06. The van der Waals surface area contributed by atoms with E-state index in [1.165, 1.54) is 10.8 Å². The van der Waals surface area contributed by atoms with Crippen LogP contribution in [0.5, 0.6) is 5.88 Å². The number of ether oxygens (including phenoxy) is 1. The molecule has 2 atom stereocenters. The van der Waals surface area contributed by atoms with Gasteiger partial charge >= 0.3 is 11.7 Å². The largest absolute Gasteiger partial charge is 0.493 e. The fourth-order valence-electron chi connectivity index (χ4n) is 2.76. The van der Waals surface area contributed by atoms with Gasteiger partial charge in [0.15, 0.2) is 6.73 Å². The second-order valence-corrected chi connectivity index (χ2v) is 5.97. The lowest BCUT2D eigenvalue weighted by molar-refractivity contribution is -0.150. The van der Waals surface area contributed by atoms with E-state index in [2.05, 4.69) is 5.92 Å². The van der Waals surface area contributed by atoms with Crippen molar-refractivity contribution in [2.75, 3.05) is 0 Å². The third-order valence-electron chi connectivity index (χ3n) is 4.19. The molecule has 1 fully saturated rings. The maximum atomic E-state index is 12.1. The first-order chi connectivity index (χ1) is 10.3. The van der Waals surface area contributed by atoms with Gasteiger partial charge in [0, 0.05) is 0 Å². The molecule has 0 saturated heterocycles. The van der Waals surface area contributed by atoms with E-state index in [-0.39, 0.29) is 42.4 Å². The predicted octanol–water partition coefficient (Wildman–Crippen LogP) is 1.34. The van der Waals surface area contributed by atoms with E-state index in [4.69, 9.17) is 11.2 Å². The molecule has 0 amide bonds. The van der Waals surface area contributed by atoms with Crippen LogP contribution in [0, 0.1) is 29.6 Å². The molecule has 6 heteroatoms. The van der Waals surface area contributed by atoms with Crippen LogP contribution < -0.4 is 5.69 Å². The number of rotatable bonds is 5. The van der Waals surface area contributed by atoms with E-state index in [1.54, 1.807) is 0 Å². The van der Waals surface area contributed by atoms with Crippen molar-refractivity contribution in [1.82, 2.24) is 9.13 Å². The molecular formula is C16H20N2O4. The molecule has 0 bridgehead atoms. The zero-order valence-electron chi connectivity index (χ0n) is 12.9. The van der Waals surface area contributed by atoms with Gasteiger partial charge in [-0.05, 0) is 18.3 Å². The first kappa shape index (κ1) is 16.0. The zero-order chi connectivity index (χ0) is 16.5. The highest BCUT2D eigenvalue weighted by Crippen LogP contribution is 2.59. The number of allylic oxidation sites excluding steroid dienone is 2. The fraction of sp³-hybridized carbons (Fsp3) is 0.500. The molecule has 118 valence electrons. The van der Waals surface area contributed by atoms with Crippen LogP contribution in [-0.2, 0) is 22.8 Å². The third-order valence-corrected chi connectivity index (χ3v) is 4.19. The third kappa shape index (κ3) is 2.67. The maximum absolute atomic E-state index is 12.1. The van der Waals surface area contributed by atoms with Crippen LogP contribution in [0.1, 0.15) is 20.8 Å². The number of terminal acetylenes is 1. The topological polar surface area (TPSA) is 73.5 Å². The van der Waals surface area contributed by atoms with Crippen molar-refractivity contribution in [3.8, 4) is 18.2 Å². The van der Waals surface area contributed by atoms with Gasteiger partial charge < -0.3 is 9.84 Å². The van der Waals surface area contributed by atoms with Gasteiger partial charge in [-0.3, -0.25) is 9.36 Å². The smallest absolute Gasteiger partial charge is 0.334 e. The van der Waals surface area contributed by atoms with Gasteiger partial charge in [-0.2, -0.15) is 0 Å². The van der Waals surface area contributed by atoms with Gasteiger partial charge in [-0.15, -0.1) is 6.42 Å². The molecule has 2 rings (SSSR count). The Kier molecular flexibility index (Phi) is 4.18. The predicted molar refractivity (Wildman–Crippen MR) is 80.9 cm³/mol. The van der Waals surface area contributed by atoms with Gasteiger partial charge in [-0.25, -0.2) is 9.36 Å². The molecular weight excluding hydrogens is 284 g/mol. The van der Waals surface area contributed by atoms with Crippen LogP contribution in [0.4, 0.5) is 0 Å². The Labute approximate surface area is 129 Å². The summed E-state index contributed by atoms with van der Waals surface area (Å²) in [7, 11) is 0. The standard InChI is InChI=1S/C16H20N2O4/c1-5-7-11-13(16(11,3)4)14(20)22-10-18-12(19)9-17(8-6-2)15(18)21/h2,5,7,9,11,13,19H,8,10H2,1,3-4H3/t11-,13-/m0/s1. The molecule has 1 heterocycles. The number of carbonyl (C=O) groups excluding carboxylic acids is 1. The van der Waals surface area contributed by atoms with Gasteiger partial charge in [0.2, 0.25) is 5.88 Å². The van der Waals surface area contributed by atoms with E-state index in [0.717, 1.165) is 4.57 Å². The second-order valence-electron chi connectivity index (χ2n) is 5.97. The van der Waals surface area contributed by atoms with Crippen molar-refractivity contribution in [1.29, 1.82) is 0 Å². The van der Waals surface area contributed by atoms with Crippen molar-refractivity contribution in [2.45, 2.75) is 34.0 Å². The van der Waals surface area contributed by atoms with Crippen molar-refractivity contribution >= 4 is 5.97 Å². The maximum Gasteiger partial charge on any atom is 0.334 e. The SMILES string of the molecule is C#CCn1cc(O)n(COC(=O)[C@@H]2[C@H](C=CC)C2(C)C)c1=O. The Morgan fingerprint density at radius 3 is 2.86 bits per heavy atom. The van der Waals surface area contributed by atoms with Crippen LogP contribution in [-0.4, -0.2) is 20.2 Å². The summed E-state index contributed by atoms with van der Waals surface area (Å²) in [5, 5.41) is 9.72. The Bertz CT molecular complexity index is 703. The highest BCUT2D eigenvalue weighted by atomic mass is 16.5. The summed E-state index contributed by atoms with van der Waals surface area (Å²) < 4.78 is 7.32. The molecule has 0 spiro atoms. The normalized spacial score (nSPS) is 22.5. The number of carbonyl (C=O) groups is 1. The summed E-state index contributed by atoms with van der Waals surface area (Å²) in [5.41, 5.74) is -0.658. The number of hydrogen-bond donors (Lipinski definition) is 1. The van der Waals surface area contributed by atoms with E-state index >= 15 is 0 Å². The van der Waals surface area contributed by atoms with Gasteiger partial charge in [0.05, 0.1) is 18.7 Å². The minimum atomic E-state index is -0.511. The summed E-state index contributed by atoms with van der Waals surface area (Å²) in [5.74, 6) is 1.57. The van der Waals surface area contributed by atoms with Crippen LogP contribution in [0.15, 0.2) is 23.1 Å². The Balaban J connectivity index is 2.04. The Hall–Kier alpha value is -2.42. The highest BCUT2D eigenvalue weighted by molar-refractivity contribution is 5.78. The summed E-state index contributed by atoms with van der Waals surface area (Å²) >= 11 is 0. The van der Waals surface area contributed by atoms with E-state index in [0.29, 0.717) is 0 Å². The molecule has 1 aliphatic carbocycles. The van der Waals surface area contributed by atoms with Gasteiger partial charge in [-0.1, -0.05) is 31.9 Å². The minimum Gasteiger partial charge on any atom is -0.493 e. The summed E-state index contributed by atoms with van der Waals surface area (Å²) in [4.78, 5) is 24.1. The Morgan fingerprint density at radius 2 is 2.27 bits per heavy atom. The molecule has 0 radical (unpaired) electrons. The molecule has 1 saturated carbocycles. The van der Waals surface area contributed by atoms with Crippen LogP contribution in [0.3, 0.4) is 0 Å². The lowest BCUT2D eigenvalue weighted by atomic mass is 10.1. The highest BCUT2D eigenvalue weighted by Gasteiger charge is 2.61. The van der Waals surface area contributed by atoms with Crippen molar-refractivity contribution in [3.05, 3.63) is 28.8 Å². The Morgan fingerprint density at radius 1 is 1.59 bits per heavy atom. The number of aromatic hydroxyl groups is 1. The lowest BCUT2D eigenvalue weighted by Crippen LogP contribution is -2.26. The molecule has 1 aromatic heterocycles. The van der Waals surface area contributed by atoms with Crippen LogP contribution in [0.2, 0.25) is 0 Å². The number of hydrogen-bond acceptors (Lipinski definition) is 4. The van der Waals surface area contributed by atoms with Crippen molar-refractivity contribution < 1.29 is 14.6 Å². The molecule has 22 heavy (non-hydrogen) atoms. The molecule has 1 N–H and O–H groups in total. The average molecular weight is 304 g/mol. The lowest BCUT2D eigenvalue weighted by Gasteiger charge is -2.06. The number of imidazole rings is 1. The van der Waals surface area contributed by atoms with Crippen molar-refractivity contribution in [2.24, 2.45) is 17.3 Å². The van der Waals surface area contributed by atoms with Gasteiger partial charge in [0.1, 0.15) is 0 Å². The minimum absolute atomic E-state index is 0.0480. The molecule has 0 aliphatic heterocycles. The summed E-state index contributed by atoms with van der Waals surface area (Å²) in [6.45, 7) is 5.62. The number of esters is 1. The van der Waals surface area contributed by atoms with Crippen LogP contribution >= 0.6 is 0 Å². The quantitative estimate of drug-likeness (QED) is 0.506. The van der Waals surface area contributed by atoms with Crippen molar-refractivity contribution in [3.63, 3.8) is 0 Å².